The van der Waals surface area contributed by atoms with Crippen molar-refractivity contribution in [2.45, 2.75) is 38.2 Å². The predicted molar refractivity (Wildman–Crippen MR) is 65.4 cm³/mol. The van der Waals surface area contributed by atoms with Crippen molar-refractivity contribution in [1.82, 2.24) is 10.6 Å². The molecule has 1 atom stereocenters. The van der Waals surface area contributed by atoms with E-state index in [2.05, 4.69) is 10.6 Å². The minimum Gasteiger partial charge on any atom is -0.396 e. The zero-order valence-corrected chi connectivity index (χ0v) is 10.1. The molecule has 4 nitrogen and oxygen atoms in total. The Hall–Kier alpha value is -0.160. The van der Waals surface area contributed by atoms with Gasteiger partial charge in [-0.05, 0) is 57.7 Å². The number of β-amino-alcohol motifs (C(OH)–C–C–N with tert-alkyl or cyclic N) is 1. The first-order chi connectivity index (χ1) is 7.83. The molecule has 2 fully saturated rings. The zero-order chi connectivity index (χ0) is 11.6. The van der Waals surface area contributed by atoms with E-state index in [-0.39, 0.29) is 6.10 Å². The fraction of sp³-hybridized carbons (Fsp3) is 1.00. The second-order valence-electron chi connectivity index (χ2n) is 4.71. The van der Waals surface area contributed by atoms with Crippen LogP contribution in [0.2, 0.25) is 0 Å². The average Bonchev–Trinajstić information content (AvgIpc) is 2.33. The van der Waals surface area contributed by atoms with E-state index < -0.39 is 0 Å². The van der Waals surface area contributed by atoms with E-state index >= 15 is 0 Å². The highest BCUT2D eigenvalue weighted by molar-refractivity contribution is 4.67. The van der Waals surface area contributed by atoms with Gasteiger partial charge in [0.2, 0.25) is 0 Å². The van der Waals surface area contributed by atoms with Gasteiger partial charge in [-0.2, -0.15) is 0 Å². The van der Waals surface area contributed by atoms with E-state index in [4.69, 9.17) is 10.2 Å². The van der Waals surface area contributed by atoms with Gasteiger partial charge in [-0.3, -0.25) is 0 Å². The summed E-state index contributed by atoms with van der Waals surface area (Å²) >= 11 is 0. The van der Waals surface area contributed by atoms with Crippen LogP contribution in [-0.2, 0) is 0 Å². The highest BCUT2D eigenvalue weighted by Gasteiger charge is 2.10. The summed E-state index contributed by atoms with van der Waals surface area (Å²) in [7, 11) is 0. The molecule has 2 saturated heterocycles. The highest BCUT2D eigenvalue weighted by Crippen LogP contribution is 2.14. The van der Waals surface area contributed by atoms with Gasteiger partial charge >= 0.3 is 0 Å². The van der Waals surface area contributed by atoms with Crippen molar-refractivity contribution in [2.75, 3.05) is 32.8 Å². The fourth-order valence-corrected chi connectivity index (χ4v) is 2.19. The molecular formula is C12H26N2O2. The highest BCUT2D eigenvalue weighted by atomic mass is 16.3. The predicted octanol–water partition coefficient (Wildman–Crippen LogP) is 0.0991. The summed E-state index contributed by atoms with van der Waals surface area (Å²) in [5.41, 5.74) is 0. The zero-order valence-electron chi connectivity index (χ0n) is 10.1. The van der Waals surface area contributed by atoms with Gasteiger partial charge < -0.3 is 20.8 Å². The molecule has 2 aliphatic heterocycles. The largest absolute Gasteiger partial charge is 0.396 e. The smallest absolute Gasteiger partial charge is 0.0665 e. The van der Waals surface area contributed by atoms with E-state index in [1.165, 1.54) is 12.8 Å². The molecule has 2 rings (SSSR count). The minimum atomic E-state index is -0.0752. The van der Waals surface area contributed by atoms with E-state index in [9.17, 15) is 0 Å². The number of piperidine rings is 2. The lowest BCUT2D eigenvalue weighted by Crippen LogP contribution is -2.33. The van der Waals surface area contributed by atoms with E-state index in [1.54, 1.807) is 0 Å². The Labute approximate surface area is 98.4 Å². The second-order valence-corrected chi connectivity index (χ2v) is 4.71. The molecule has 0 amide bonds. The molecule has 0 radical (unpaired) electrons. The lowest BCUT2D eigenvalue weighted by Gasteiger charge is -2.21. The van der Waals surface area contributed by atoms with Gasteiger partial charge in [0, 0.05) is 13.2 Å². The summed E-state index contributed by atoms with van der Waals surface area (Å²) in [5.74, 6) is 0.788. The second kappa shape index (κ2) is 8.93. The summed E-state index contributed by atoms with van der Waals surface area (Å²) in [6.07, 6.45) is 5.53. The molecule has 2 heterocycles. The van der Waals surface area contributed by atoms with Crippen LogP contribution >= 0.6 is 0 Å². The van der Waals surface area contributed by atoms with Crippen LogP contribution in [0.5, 0.6) is 0 Å². The van der Waals surface area contributed by atoms with Crippen LogP contribution in [-0.4, -0.2) is 49.1 Å². The van der Waals surface area contributed by atoms with Crippen LogP contribution < -0.4 is 10.6 Å². The molecule has 0 aromatic heterocycles. The molecule has 0 aromatic carbocycles. The molecule has 2 aliphatic rings. The summed E-state index contributed by atoms with van der Waals surface area (Å²) < 4.78 is 0. The summed E-state index contributed by atoms with van der Waals surface area (Å²) in [5, 5.41) is 23.8. The van der Waals surface area contributed by atoms with Crippen molar-refractivity contribution in [1.29, 1.82) is 0 Å². The van der Waals surface area contributed by atoms with E-state index in [1.807, 2.05) is 0 Å². The molecule has 0 bridgehead atoms. The molecule has 4 N–H and O–H groups in total. The normalized spacial score (nSPS) is 27.0. The third kappa shape index (κ3) is 6.43. The third-order valence-corrected chi connectivity index (χ3v) is 3.27. The Morgan fingerprint density at radius 3 is 2.19 bits per heavy atom. The van der Waals surface area contributed by atoms with Crippen molar-refractivity contribution in [3.8, 4) is 0 Å². The quantitative estimate of drug-likeness (QED) is 0.543. The van der Waals surface area contributed by atoms with Crippen molar-refractivity contribution in [2.24, 2.45) is 5.92 Å². The van der Waals surface area contributed by atoms with Crippen molar-refractivity contribution in [3.63, 3.8) is 0 Å². The first-order valence-electron chi connectivity index (χ1n) is 6.53. The topological polar surface area (TPSA) is 64.5 Å². The molecule has 1 unspecified atom stereocenters. The Balaban J connectivity index is 0.000000165. The van der Waals surface area contributed by atoms with Gasteiger partial charge in [0.1, 0.15) is 0 Å². The van der Waals surface area contributed by atoms with Crippen LogP contribution in [0.4, 0.5) is 0 Å². The first kappa shape index (κ1) is 13.9. The Bertz CT molecular complexity index is 152. The third-order valence-electron chi connectivity index (χ3n) is 3.27. The van der Waals surface area contributed by atoms with Crippen molar-refractivity contribution >= 4 is 0 Å². The van der Waals surface area contributed by atoms with Gasteiger partial charge in [0.05, 0.1) is 6.10 Å². The molecular weight excluding hydrogens is 204 g/mol. The van der Waals surface area contributed by atoms with Gasteiger partial charge in [0.15, 0.2) is 0 Å². The number of aliphatic hydroxyl groups excluding tert-OH is 2. The molecule has 0 saturated carbocycles. The molecule has 0 aliphatic carbocycles. The lowest BCUT2D eigenvalue weighted by atomic mass is 9.95. The number of hydrogen-bond donors (Lipinski definition) is 4. The SMILES string of the molecule is OC1CCCNC1.OCCC1CCNCC1. The molecule has 96 valence electrons. The lowest BCUT2D eigenvalue weighted by molar-refractivity contribution is 0.142. The fourth-order valence-electron chi connectivity index (χ4n) is 2.19. The van der Waals surface area contributed by atoms with Crippen LogP contribution in [0.25, 0.3) is 0 Å². The van der Waals surface area contributed by atoms with E-state index in [0.717, 1.165) is 51.4 Å². The maximum atomic E-state index is 8.85. The standard InChI is InChI=1S/C7H15NO.C5H11NO/c9-6-3-7-1-4-8-5-2-7;7-5-2-1-3-6-4-5/h7-9H,1-6H2;5-7H,1-4H2. The summed E-state index contributed by atoms with van der Waals surface area (Å²) in [6.45, 7) is 4.52. The maximum absolute atomic E-state index is 8.85. The first-order valence-corrected chi connectivity index (χ1v) is 6.53. The number of aliphatic hydroxyl groups is 2. The van der Waals surface area contributed by atoms with Crippen LogP contribution in [0.1, 0.15) is 32.1 Å². The van der Waals surface area contributed by atoms with Gasteiger partial charge in [0.25, 0.3) is 0 Å². The number of hydrogen-bond acceptors (Lipinski definition) is 4. The van der Waals surface area contributed by atoms with E-state index in [0.29, 0.717) is 6.61 Å². The van der Waals surface area contributed by atoms with Crippen LogP contribution in [0, 0.1) is 5.92 Å². The van der Waals surface area contributed by atoms with Crippen molar-refractivity contribution < 1.29 is 10.2 Å². The Morgan fingerprint density at radius 1 is 1.00 bits per heavy atom. The monoisotopic (exact) mass is 230 g/mol. The number of rotatable bonds is 2. The van der Waals surface area contributed by atoms with Gasteiger partial charge in [-0.1, -0.05) is 0 Å². The molecule has 0 spiro atoms. The van der Waals surface area contributed by atoms with Gasteiger partial charge in [-0.25, -0.2) is 0 Å². The Morgan fingerprint density at radius 2 is 1.75 bits per heavy atom. The van der Waals surface area contributed by atoms with Crippen LogP contribution in [0.3, 0.4) is 0 Å². The van der Waals surface area contributed by atoms with Crippen molar-refractivity contribution in [3.05, 3.63) is 0 Å². The average molecular weight is 230 g/mol. The van der Waals surface area contributed by atoms with Crippen LogP contribution in [0.15, 0.2) is 0 Å². The molecule has 16 heavy (non-hydrogen) atoms. The molecule has 4 heteroatoms. The Kier molecular flexibility index (Phi) is 7.76. The molecule has 0 aromatic rings. The number of nitrogens with one attached hydrogen (secondary N) is 2. The maximum Gasteiger partial charge on any atom is 0.0665 e. The minimum absolute atomic E-state index is 0.0752. The summed E-state index contributed by atoms with van der Waals surface area (Å²) in [4.78, 5) is 0. The van der Waals surface area contributed by atoms with Gasteiger partial charge in [-0.15, -0.1) is 0 Å². The summed E-state index contributed by atoms with van der Waals surface area (Å²) in [6, 6.07) is 0.